The highest BCUT2D eigenvalue weighted by atomic mass is 16.8. The molecule has 2 aromatic carbocycles. The fourth-order valence-corrected chi connectivity index (χ4v) is 7.34. The van der Waals surface area contributed by atoms with E-state index in [2.05, 4.69) is 13.5 Å². The molecule has 0 aromatic heterocycles. The lowest BCUT2D eigenvalue weighted by Crippen LogP contribution is -2.65. The van der Waals surface area contributed by atoms with Crippen LogP contribution in [0.2, 0.25) is 0 Å². The third kappa shape index (κ3) is 9.22. The number of hydrogen-bond donors (Lipinski definition) is 1. The van der Waals surface area contributed by atoms with Crippen LogP contribution in [0.3, 0.4) is 0 Å². The van der Waals surface area contributed by atoms with E-state index in [4.69, 9.17) is 42.6 Å². The van der Waals surface area contributed by atoms with Crippen LogP contribution in [0.15, 0.2) is 73.3 Å². The quantitative estimate of drug-likeness (QED) is 0.150. The Morgan fingerprint density at radius 2 is 1.60 bits per heavy atom. The molecule has 0 unspecified atom stereocenters. The molecular formula is C40H56O10. The zero-order valence-corrected chi connectivity index (χ0v) is 30.0. The first-order valence-electron chi connectivity index (χ1n) is 18.5. The Labute approximate surface area is 297 Å². The Balaban J connectivity index is 1.26. The minimum atomic E-state index is -1.09. The van der Waals surface area contributed by atoms with Crippen molar-refractivity contribution < 1.29 is 47.7 Å². The highest BCUT2D eigenvalue weighted by Crippen LogP contribution is 2.42. The summed E-state index contributed by atoms with van der Waals surface area (Å²) in [7, 11) is 0. The Kier molecular flexibility index (Phi) is 13.2. The van der Waals surface area contributed by atoms with Gasteiger partial charge in [0, 0.05) is 5.56 Å². The molecule has 2 aromatic rings. The first kappa shape index (κ1) is 37.5. The van der Waals surface area contributed by atoms with Gasteiger partial charge in [0.1, 0.15) is 42.7 Å². The second kappa shape index (κ2) is 17.5. The summed E-state index contributed by atoms with van der Waals surface area (Å²) in [6.07, 6.45) is 1.15. The molecule has 4 aliphatic rings. The van der Waals surface area contributed by atoms with Crippen LogP contribution < -0.4 is 0 Å². The van der Waals surface area contributed by atoms with E-state index in [1.807, 2.05) is 87.5 Å². The van der Waals surface area contributed by atoms with E-state index in [0.29, 0.717) is 0 Å². The van der Waals surface area contributed by atoms with Crippen LogP contribution in [0.4, 0.5) is 0 Å². The minimum absolute atomic E-state index is 0.0425. The van der Waals surface area contributed by atoms with E-state index in [1.165, 1.54) is 0 Å². The van der Waals surface area contributed by atoms with Crippen molar-refractivity contribution >= 4 is 0 Å². The number of hydrogen-bond acceptors (Lipinski definition) is 10. The van der Waals surface area contributed by atoms with E-state index in [9.17, 15) is 5.11 Å². The maximum Gasteiger partial charge on any atom is 0.187 e. The zero-order chi connectivity index (χ0) is 35.1. The summed E-state index contributed by atoms with van der Waals surface area (Å²) in [6.45, 7) is 12.3. The third-order valence-electron chi connectivity index (χ3n) is 9.92. The van der Waals surface area contributed by atoms with Crippen LogP contribution in [0, 0.1) is 0 Å². The van der Waals surface area contributed by atoms with Gasteiger partial charge >= 0.3 is 0 Å². The first-order valence-corrected chi connectivity index (χ1v) is 18.5. The smallest absolute Gasteiger partial charge is 0.187 e. The fourth-order valence-electron chi connectivity index (χ4n) is 7.34. The van der Waals surface area contributed by atoms with Crippen LogP contribution in [0.25, 0.3) is 0 Å². The van der Waals surface area contributed by atoms with E-state index >= 15 is 0 Å². The van der Waals surface area contributed by atoms with Crippen molar-refractivity contribution in [2.24, 2.45) is 0 Å². The number of aliphatic hydroxyl groups excluding tert-OH is 1. The Hall–Kier alpha value is -2.22. The average molecular weight is 697 g/mol. The number of benzene rings is 2. The zero-order valence-electron chi connectivity index (χ0n) is 30.0. The fraction of sp³-hybridized carbons (Fsp3) is 0.650. The third-order valence-corrected chi connectivity index (χ3v) is 9.92. The molecule has 0 radical (unpaired) electrons. The number of unbranched alkanes of at least 4 members (excludes halogenated alkanes) is 3. The molecule has 0 saturated carbocycles. The molecule has 0 spiro atoms. The standard InChI is InChI=1S/C40H56O10/c1-6-8-12-22-29(23-13-9-7-2)45-39-36(35-32(26(3)44-39)49-40(4,5)50-35)48-38-34(42-24-27-18-14-10-15-19-27)31(41)33-30(46-38)25-43-37(47-33)28-20-16-11-17-21-28/h6,10-11,14-21,26,29-39,41H,1,7-9,12-13,22-25H2,2-5H3/t26-,29-,30-,31+,32+,33-,34-,35+,36-,37-,38+,39+/m1/s1. The number of aliphatic hydroxyl groups is 1. The molecule has 0 amide bonds. The van der Waals surface area contributed by atoms with Crippen LogP contribution in [-0.2, 0) is 49.2 Å². The minimum Gasteiger partial charge on any atom is -0.387 e. The van der Waals surface area contributed by atoms with Crippen molar-refractivity contribution in [1.29, 1.82) is 0 Å². The van der Waals surface area contributed by atoms with Gasteiger partial charge in [-0.3, -0.25) is 0 Å². The predicted molar refractivity (Wildman–Crippen MR) is 186 cm³/mol. The SMILES string of the molecule is C=CCCC[C@H](CCCCC)O[C@@H]1O[C@H](C)[C@@H]2OC(C)(C)O[C@@H]2[C@H]1O[C@@H]1O[C@@H]2CO[C@@H](c3ccccc3)O[C@H]2[C@H](O)[C@H]1OCc1ccccc1. The van der Waals surface area contributed by atoms with Crippen LogP contribution in [0.1, 0.15) is 90.1 Å². The lowest BCUT2D eigenvalue weighted by molar-refractivity contribution is -0.392. The van der Waals surface area contributed by atoms with Gasteiger partial charge in [0.15, 0.2) is 24.7 Å². The Morgan fingerprint density at radius 3 is 2.34 bits per heavy atom. The maximum atomic E-state index is 12.0. The van der Waals surface area contributed by atoms with Gasteiger partial charge in [-0.2, -0.15) is 0 Å². The van der Waals surface area contributed by atoms with E-state index in [1.54, 1.807) is 0 Å². The van der Waals surface area contributed by atoms with Crippen molar-refractivity contribution in [3.8, 4) is 0 Å². The molecule has 4 fully saturated rings. The lowest BCUT2D eigenvalue weighted by atomic mass is 9.96. The molecule has 50 heavy (non-hydrogen) atoms. The van der Waals surface area contributed by atoms with Gasteiger partial charge in [0.25, 0.3) is 0 Å². The monoisotopic (exact) mass is 696 g/mol. The number of rotatable bonds is 16. The second-order valence-corrected chi connectivity index (χ2v) is 14.3. The van der Waals surface area contributed by atoms with Gasteiger partial charge in [0.2, 0.25) is 0 Å². The molecule has 10 heteroatoms. The van der Waals surface area contributed by atoms with Crippen molar-refractivity contribution in [3.05, 3.63) is 84.4 Å². The summed E-state index contributed by atoms with van der Waals surface area (Å²) in [5, 5.41) is 12.0. The molecule has 276 valence electrons. The summed E-state index contributed by atoms with van der Waals surface area (Å²) in [5.74, 6) is -0.854. The van der Waals surface area contributed by atoms with Gasteiger partial charge in [-0.05, 0) is 52.0 Å². The normalized spacial score (nSPS) is 35.6. The summed E-state index contributed by atoms with van der Waals surface area (Å²) < 4.78 is 58.7. The van der Waals surface area contributed by atoms with Gasteiger partial charge in [-0.1, -0.05) is 92.9 Å². The summed E-state index contributed by atoms with van der Waals surface area (Å²) in [4.78, 5) is 0. The average Bonchev–Trinajstić information content (AvgIpc) is 3.46. The Bertz CT molecular complexity index is 1310. The molecule has 0 bridgehead atoms. The first-order chi connectivity index (χ1) is 24.3. The van der Waals surface area contributed by atoms with Crippen LogP contribution >= 0.6 is 0 Å². The topological polar surface area (TPSA) is 103 Å². The lowest BCUT2D eigenvalue weighted by Gasteiger charge is -2.49. The summed E-state index contributed by atoms with van der Waals surface area (Å²) in [5.41, 5.74) is 1.82. The molecule has 4 aliphatic heterocycles. The Morgan fingerprint density at radius 1 is 0.880 bits per heavy atom. The van der Waals surface area contributed by atoms with Gasteiger partial charge in [-0.15, -0.1) is 6.58 Å². The van der Waals surface area contributed by atoms with E-state index in [-0.39, 0.29) is 25.4 Å². The molecule has 1 N–H and O–H groups in total. The summed E-state index contributed by atoms with van der Waals surface area (Å²) >= 11 is 0. The molecular weight excluding hydrogens is 640 g/mol. The number of fused-ring (bicyclic) bond motifs is 2. The van der Waals surface area contributed by atoms with Crippen molar-refractivity contribution in [3.63, 3.8) is 0 Å². The maximum absolute atomic E-state index is 12.0. The molecule has 6 rings (SSSR count). The van der Waals surface area contributed by atoms with Gasteiger partial charge in [0.05, 0.1) is 25.4 Å². The highest BCUT2D eigenvalue weighted by Gasteiger charge is 2.58. The van der Waals surface area contributed by atoms with Crippen LogP contribution in [-0.4, -0.2) is 85.0 Å². The van der Waals surface area contributed by atoms with Crippen molar-refractivity contribution in [2.75, 3.05) is 6.61 Å². The predicted octanol–water partition coefficient (Wildman–Crippen LogP) is 6.74. The molecule has 4 saturated heterocycles. The molecule has 0 aliphatic carbocycles. The molecule has 12 atom stereocenters. The molecule has 4 heterocycles. The highest BCUT2D eigenvalue weighted by molar-refractivity contribution is 5.17. The number of ether oxygens (including phenoxy) is 9. The van der Waals surface area contributed by atoms with Crippen LogP contribution in [0.5, 0.6) is 0 Å². The van der Waals surface area contributed by atoms with Crippen molar-refractivity contribution in [1.82, 2.24) is 0 Å². The van der Waals surface area contributed by atoms with E-state index in [0.717, 1.165) is 56.1 Å². The van der Waals surface area contributed by atoms with Crippen molar-refractivity contribution in [2.45, 2.75) is 159 Å². The molecule has 10 nitrogen and oxygen atoms in total. The van der Waals surface area contributed by atoms with E-state index < -0.39 is 67.4 Å². The number of allylic oxidation sites excluding steroid dienone is 1. The van der Waals surface area contributed by atoms with Gasteiger partial charge in [-0.25, -0.2) is 0 Å². The largest absolute Gasteiger partial charge is 0.387 e. The summed E-state index contributed by atoms with van der Waals surface area (Å²) in [6, 6.07) is 19.5. The second-order valence-electron chi connectivity index (χ2n) is 14.3. The van der Waals surface area contributed by atoms with Gasteiger partial charge < -0.3 is 47.7 Å².